The first-order chi connectivity index (χ1) is 13.3. The molecular weight excluding hydrogens is 405 g/mol. The average molecular weight is 420 g/mol. The Balaban J connectivity index is 2.14. The summed E-state index contributed by atoms with van der Waals surface area (Å²) in [6, 6.07) is 11.7. The van der Waals surface area contributed by atoms with Crippen molar-refractivity contribution in [3.05, 3.63) is 75.3 Å². The van der Waals surface area contributed by atoms with E-state index < -0.39 is 23.7 Å². The molecule has 0 spiro atoms. The van der Waals surface area contributed by atoms with Crippen molar-refractivity contribution in [3.8, 4) is 0 Å². The van der Waals surface area contributed by atoms with Gasteiger partial charge in [0.05, 0.1) is 18.0 Å². The van der Waals surface area contributed by atoms with Crippen LogP contribution in [-0.2, 0) is 14.4 Å². The molecule has 1 saturated heterocycles. The van der Waals surface area contributed by atoms with Crippen LogP contribution >= 0.6 is 23.2 Å². The van der Waals surface area contributed by atoms with Crippen LogP contribution < -0.4 is 0 Å². The van der Waals surface area contributed by atoms with Gasteiger partial charge in [-0.3, -0.25) is 14.4 Å². The third kappa shape index (κ3) is 3.88. The maximum Gasteiger partial charge on any atom is 0.305 e. The summed E-state index contributed by atoms with van der Waals surface area (Å²) in [5.74, 6) is -3.20. The Morgan fingerprint density at radius 1 is 0.929 bits per heavy atom. The topological polar surface area (TPSA) is 94.9 Å². The van der Waals surface area contributed by atoms with Crippen molar-refractivity contribution in [1.82, 2.24) is 4.90 Å². The number of rotatable bonds is 5. The molecular formula is C20H15Cl2NO5. The number of carboxylic acid groups (broad SMARTS) is 1. The van der Waals surface area contributed by atoms with Gasteiger partial charge < -0.3 is 15.1 Å². The number of nitrogens with zero attached hydrogens (tertiary/aromatic N) is 1. The summed E-state index contributed by atoms with van der Waals surface area (Å²) in [4.78, 5) is 37.4. The highest BCUT2D eigenvalue weighted by Gasteiger charge is 2.46. The number of hydrogen-bond acceptors (Lipinski definition) is 4. The lowest BCUT2D eigenvalue weighted by molar-refractivity contribution is -0.142. The van der Waals surface area contributed by atoms with E-state index in [1.54, 1.807) is 36.4 Å². The minimum Gasteiger partial charge on any atom is -0.507 e. The van der Waals surface area contributed by atoms with Gasteiger partial charge in [0.2, 0.25) is 0 Å². The van der Waals surface area contributed by atoms with Crippen LogP contribution in [0.15, 0.2) is 54.1 Å². The van der Waals surface area contributed by atoms with Gasteiger partial charge in [0, 0.05) is 22.2 Å². The van der Waals surface area contributed by atoms with Crippen LogP contribution in [0.2, 0.25) is 10.0 Å². The van der Waals surface area contributed by atoms with Crippen LogP contribution in [0.4, 0.5) is 0 Å². The molecule has 6 nitrogen and oxygen atoms in total. The lowest BCUT2D eigenvalue weighted by Gasteiger charge is -2.24. The molecule has 1 atom stereocenters. The number of amides is 1. The summed E-state index contributed by atoms with van der Waals surface area (Å²) in [5.41, 5.74) is 0.740. The molecule has 28 heavy (non-hydrogen) atoms. The van der Waals surface area contributed by atoms with Crippen LogP contribution in [0.5, 0.6) is 0 Å². The van der Waals surface area contributed by atoms with Crippen LogP contribution in [0, 0.1) is 0 Å². The highest BCUT2D eigenvalue weighted by atomic mass is 35.5. The van der Waals surface area contributed by atoms with Crippen molar-refractivity contribution in [2.45, 2.75) is 12.5 Å². The zero-order valence-electron chi connectivity index (χ0n) is 14.4. The predicted molar refractivity (Wildman–Crippen MR) is 104 cm³/mol. The summed E-state index contributed by atoms with van der Waals surface area (Å²) in [6.45, 7) is -0.176. The zero-order valence-corrected chi connectivity index (χ0v) is 15.9. The number of halogens is 2. The Bertz CT molecular complexity index is 967. The normalized spacial score (nSPS) is 18.5. The molecule has 0 saturated carbocycles. The van der Waals surface area contributed by atoms with E-state index in [2.05, 4.69) is 0 Å². The van der Waals surface area contributed by atoms with E-state index in [1.165, 1.54) is 12.1 Å². The van der Waals surface area contributed by atoms with Crippen molar-refractivity contribution in [2.24, 2.45) is 0 Å². The molecule has 1 aliphatic rings. The second-order valence-corrected chi connectivity index (χ2v) is 7.07. The highest BCUT2D eigenvalue weighted by molar-refractivity contribution is 6.46. The highest BCUT2D eigenvalue weighted by Crippen LogP contribution is 2.39. The molecule has 0 aliphatic carbocycles. The molecule has 144 valence electrons. The number of benzene rings is 2. The van der Waals surface area contributed by atoms with Gasteiger partial charge in [0.1, 0.15) is 5.76 Å². The number of carboxylic acids is 1. The SMILES string of the molecule is O=C(O)CCN1C(=O)C(=O)/C(=C(\O)c2ccc(Cl)cc2)C1c1ccc(Cl)cc1. The van der Waals surface area contributed by atoms with E-state index >= 15 is 0 Å². The molecule has 1 heterocycles. The number of aliphatic carboxylic acids is 1. The van der Waals surface area contributed by atoms with Gasteiger partial charge in [-0.15, -0.1) is 0 Å². The van der Waals surface area contributed by atoms with E-state index in [1.807, 2.05) is 0 Å². The Hall–Kier alpha value is -2.83. The number of likely N-dealkylation sites (tertiary alicyclic amines) is 1. The van der Waals surface area contributed by atoms with Crippen molar-refractivity contribution in [3.63, 3.8) is 0 Å². The summed E-state index contributed by atoms with van der Waals surface area (Å²) in [5, 5.41) is 20.7. The lowest BCUT2D eigenvalue weighted by Crippen LogP contribution is -2.31. The lowest BCUT2D eigenvalue weighted by atomic mass is 9.95. The van der Waals surface area contributed by atoms with Gasteiger partial charge >= 0.3 is 5.97 Å². The Morgan fingerprint density at radius 2 is 1.46 bits per heavy atom. The minimum atomic E-state index is -1.10. The molecule has 2 aromatic carbocycles. The number of hydrogen-bond donors (Lipinski definition) is 2. The summed E-state index contributed by atoms with van der Waals surface area (Å²) >= 11 is 11.8. The van der Waals surface area contributed by atoms with Gasteiger partial charge in [-0.25, -0.2) is 0 Å². The molecule has 1 amide bonds. The monoisotopic (exact) mass is 419 g/mol. The van der Waals surface area contributed by atoms with Crippen LogP contribution in [-0.4, -0.2) is 39.3 Å². The van der Waals surface area contributed by atoms with Crippen molar-refractivity contribution in [2.75, 3.05) is 6.54 Å². The third-order valence-corrected chi connectivity index (χ3v) is 4.91. The molecule has 1 unspecified atom stereocenters. The van der Waals surface area contributed by atoms with Gasteiger partial charge in [-0.2, -0.15) is 0 Å². The Labute approximate surface area is 170 Å². The molecule has 0 aromatic heterocycles. The Kier molecular flexibility index (Phi) is 5.72. The molecule has 3 rings (SSSR count). The maximum absolute atomic E-state index is 12.7. The number of ketones is 1. The molecule has 0 radical (unpaired) electrons. The second kappa shape index (κ2) is 8.04. The quantitative estimate of drug-likeness (QED) is 0.435. The van der Waals surface area contributed by atoms with Crippen molar-refractivity contribution >= 4 is 46.6 Å². The molecule has 0 bridgehead atoms. The van der Waals surface area contributed by atoms with Gasteiger partial charge in [-0.1, -0.05) is 35.3 Å². The Morgan fingerprint density at radius 3 is 2.00 bits per heavy atom. The number of aliphatic hydroxyl groups excluding tert-OH is 1. The van der Waals surface area contributed by atoms with Crippen LogP contribution in [0.1, 0.15) is 23.6 Å². The second-order valence-electron chi connectivity index (χ2n) is 6.19. The largest absolute Gasteiger partial charge is 0.507 e. The standard InChI is InChI=1S/C20H15Cl2NO5/c21-13-5-1-11(2-6-13)17-16(18(26)12-3-7-14(22)8-4-12)19(27)20(28)23(17)10-9-15(24)25/h1-8,17,26H,9-10H2,(H,24,25)/b18-16-. The first kappa shape index (κ1) is 19.9. The predicted octanol–water partition coefficient (Wildman–Crippen LogP) is 3.89. The van der Waals surface area contributed by atoms with Crippen molar-refractivity contribution in [1.29, 1.82) is 0 Å². The fourth-order valence-electron chi connectivity index (χ4n) is 3.08. The van der Waals surface area contributed by atoms with E-state index in [0.717, 1.165) is 4.90 Å². The van der Waals surface area contributed by atoms with Crippen LogP contribution in [0.25, 0.3) is 5.76 Å². The van der Waals surface area contributed by atoms with E-state index in [-0.39, 0.29) is 24.3 Å². The minimum absolute atomic E-state index is 0.111. The van der Waals surface area contributed by atoms with Gasteiger partial charge in [0.15, 0.2) is 0 Å². The number of carbonyl (C=O) groups excluding carboxylic acids is 2. The van der Waals surface area contributed by atoms with Crippen LogP contribution in [0.3, 0.4) is 0 Å². The number of carbonyl (C=O) groups is 3. The van der Waals surface area contributed by atoms with Gasteiger partial charge in [0.25, 0.3) is 11.7 Å². The fourth-order valence-corrected chi connectivity index (χ4v) is 3.33. The first-order valence-electron chi connectivity index (χ1n) is 8.31. The maximum atomic E-state index is 12.7. The van der Waals surface area contributed by atoms with E-state index in [9.17, 15) is 19.5 Å². The third-order valence-electron chi connectivity index (χ3n) is 4.41. The molecule has 2 N–H and O–H groups in total. The first-order valence-corrected chi connectivity index (χ1v) is 9.07. The average Bonchev–Trinajstić information content (AvgIpc) is 2.91. The molecule has 1 aliphatic heterocycles. The number of Topliss-reactive ketones (excluding diaryl/α,β-unsaturated/α-hetero) is 1. The fraction of sp³-hybridized carbons (Fsp3) is 0.150. The smallest absolute Gasteiger partial charge is 0.305 e. The van der Waals surface area contributed by atoms with Crippen molar-refractivity contribution < 1.29 is 24.6 Å². The summed E-state index contributed by atoms with van der Waals surface area (Å²) in [6.07, 6.45) is -0.335. The summed E-state index contributed by atoms with van der Waals surface area (Å²) in [7, 11) is 0. The molecule has 1 fully saturated rings. The van der Waals surface area contributed by atoms with Gasteiger partial charge in [-0.05, 0) is 42.0 Å². The van der Waals surface area contributed by atoms with E-state index in [0.29, 0.717) is 21.2 Å². The van der Waals surface area contributed by atoms with E-state index in [4.69, 9.17) is 28.3 Å². The number of aliphatic hydroxyl groups is 1. The molecule has 8 heteroatoms. The zero-order chi connectivity index (χ0) is 20.4. The summed E-state index contributed by atoms with van der Waals surface area (Å²) < 4.78 is 0. The molecule has 2 aromatic rings.